The smallest absolute Gasteiger partial charge is 0.123 e. The van der Waals surface area contributed by atoms with Crippen molar-refractivity contribution in [2.24, 2.45) is 0 Å². The van der Waals surface area contributed by atoms with Gasteiger partial charge in [-0.3, -0.25) is 0 Å². The zero-order chi connectivity index (χ0) is 16.1. The van der Waals surface area contributed by atoms with E-state index >= 15 is 0 Å². The molecule has 0 saturated heterocycles. The SMILES string of the molecule is COc1ccc(C(c2ccccc2)c2ccccc2OC)cc1. The lowest BCUT2D eigenvalue weighted by Crippen LogP contribution is -2.05. The molecule has 1 atom stereocenters. The summed E-state index contributed by atoms with van der Waals surface area (Å²) in [6.07, 6.45) is 0. The molecule has 0 amide bonds. The fourth-order valence-electron chi connectivity index (χ4n) is 2.90. The summed E-state index contributed by atoms with van der Waals surface area (Å²) in [5.74, 6) is 1.89. The van der Waals surface area contributed by atoms with Crippen molar-refractivity contribution in [3.8, 4) is 11.5 Å². The third-order valence-electron chi connectivity index (χ3n) is 4.03. The highest BCUT2D eigenvalue weighted by Gasteiger charge is 2.20. The largest absolute Gasteiger partial charge is 0.497 e. The topological polar surface area (TPSA) is 18.5 Å². The number of hydrogen-bond donors (Lipinski definition) is 0. The molecule has 2 nitrogen and oxygen atoms in total. The summed E-state index contributed by atoms with van der Waals surface area (Å²) in [6, 6.07) is 26.9. The zero-order valence-electron chi connectivity index (χ0n) is 13.4. The van der Waals surface area contributed by atoms with Crippen LogP contribution >= 0.6 is 0 Å². The van der Waals surface area contributed by atoms with Gasteiger partial charge < -0.3 is 9.47 Å². The van der Waals surface area contributed by atoms with Crippen LogP contribution in [-0.4, -0.2) is 14.2 Å². The molecule has 116 valence electrons. The first-order valence-corrected chi connectivity index (χ1v) is 7.65. The maximum atomic E-state index is 5.59. The van der Waals surface area contributed by atoms with E-state index in [1.807, 2.05) is 30.3 Å². The first-order chi connectivity index (χ1) is 11.3. The Morgan fingerprint density at radius 3 is 1.87 bits per heavy atom. The van der Waals surface area contributed by atoms with Gasteiger partial charge in [0.15, 0.2) is 0 Å². The van der Waals surface area contributed by atoms with Crippen molar-refractivity contribution in [2.45, 2.75) is 5.92 Å². The molecule has 0 spiro atoms. The molecule has 0 aliphatic carbocycles. The van der Waals surface area contributed by atoms with Crippen LogP contribution in [0.5, 0.6) is 11.5 Å². The molecule has 0 saturated carbocycles. The average Bonchev–Trinajstić information content (AvgIpc) is 2.64. The highest BCUT2D eigenvalue weighted by Crippen LogP contribution is 2.37. The van der Waals surface area contributed by atoms with Crippen LogP contribution in [0.2, 0.25) is 0 Å². The molecule has 0 aliphatic heterocycles. The lowest BCUT2D eigenvalue weighted by Gasteiger charge is -2.21. The van der Waals surface area contributed by atoms with Gasteiger partial charge in [-0.15, -0.1) is 0 Å². The molecule has 0 aromatic heterocycles. The summed E-state index contributed by atoms with van der Waals surface area (Å²) < 4.78 is 10.9. The van der Waals surface area contributed by atoms with Gasteiger partial charge in [0.2, 0.25) is 0 Å². The number of benzene rings is 3. The molecule has 3 aromatic carbocycles. The van der Waals surface area contributed by atoms with Crippen LogP contribution in [0.25, 0.3) is 0 Å². The minimum atomic E-state index is 0.123. The number of methoxy groups -OCH3 is 2. The van der Waals surface area contributed by atoms with Crippen molar-refractivity contribution < 1.29 is 9.47 Å². The van der Waals surface area contributed by atoms with E-state index in [0.717, 1.165) is 17.1 Å². The molecule has 0 N–H and O–H groups in total. The second-order valence-electron chi connectivity index (χ2n) is 5.36. The Morgan fingerprint density at radius 1 is 0.609 bits per heavy atom. The minimum absolute atomic E-state index is 0.123. The van der Waals surface area contributed by atoms with E-state index in [1.165, 1.54) is 11.1 Å². The van der Waals surface area contributed by atoms with Gasteiger partial charge in [0, 0.05) is 11.5 Å². The fraction of sp³-hybridized carbons (Fsp3) is 0.143. The Morgan fingerprint density at radius 2 is 1.22 bits per heavy atom. The van der Waals surface area contributed by atoms with E-state index in [-0.39, 0.29) is 5.92 Å². The average molecular weight is 304 g/mol. The summed E-state index contributed by atoms with van der Waals surface area (Å²) in [5.41, 5.74) is 3.61. The molecular weight excluding hydrogens is 284 g/mol. The first-order valence-electron chi connectivity index (χ1n) is 7.65. The Labute approximate surface area is 137 Å². The lowest BCUT2D eigenvalue weighted by atomic mass is 9.84. The molecule has 0 heterocycles. The minimum Gasteiger partial charge on any atom is -0.497 e. The van der Waals surface area contributed by atoms with Gasteiger partial charge in [0.05, 0.1) is 14.2 Å². The third kappa shape index (κ3) is 3.21. The van der Waals surface area contributed by atoms with E-state index in [0.29, 0.717) is 0 Å². The van der Waals surface area contributed by atoms with E-state index in [4.69, 9.17) is 9.47 Å². The van der Waals surface area contributed by atoms with Crippen LogP contribution in [0.1, 0.15) is 22.6 Å². The van der Waals surface area contributed by atoms with Gasteiger partial charge in [-0.2, -0.15) is 0 Å². The summed E-state index contributed by atoms with van der Waals surface area (Å²) in [5, 5.41) is 0. The van der Waals surface area contributed by atoms with Gasteiger partial charge in [-0.25, -0.2) is 0 Å². The fourth-order valence-corrected chi connectivity index (χ4v) is 2.90. The number of ether oxygens (including phenoxy) is 2. The summed E-state index contributed by atoms with van der Waals surface area (Å²) in [4.78, 5) is 0. The molecule has 0 fully saturated rings. The maximum absolute atomic E-state index is 5.59. The number of hydrogen-bond acceptors (Lipinski definition) is 2. The van der Waals surface area contributed by atoms with Crippen LogP contribution < -0.4 is 9.47 Å². The van der Waals surface area contributed by atoms with Crippen molar-refractivity contribution in [1.82, 2.24) is 0 Å². The Kier molecular flexibility index (Phi) is 4.62. The zero-order valence-corrected chi connectivity index (χ0v) is 13.4. The first kappa shape index (κ1) is 15.2. The Balaban J connectivity index is 2.14. The van der Waals surface area contributed by atoms with Gasteiger partial charge in [-0.1, -0.05) is 60.7 Å². The van der Waals surface area contributed by atoms with Crippen molar-refractivity contribution in [3.05, 3.63) is 95.6 Å². The molecule has 0 radical (unpaired) electrons. The monoisotopic (exact) mass is 304 g/mol. The van der Waals surface area contributed by atoms with Gasteiger partial charge in [0.1, 0.15) is 11.5 Å². The summed E-state index contributed by atoms with van der Waals surface area (Å²) in [7, 11) is 3.40. The number of para-hydroxylation sites is 1. The van der Waals surface area contributed by atoms with Crippen molar-refractivity contribution in [2.75, 3.05) is 14.2 Å². The van der Waals surface area contributed by atoms with Crippen molar-refractivity contribution >= 4 is 0 Å². The van der Waals surface area contributed by atoms with Crippen LogP contribution in [0, 0.1) is 0 Å². The van der Waals surface area contributed by atoms with Crippen molar-refractivity contribution in [1.29, 1.82) is 0 Å². The Bertz CT molecular complexity index is 748. The van der Waals surface area contributed by atoms with Crippen LogP contribution in [0.3, 0.4) is 0 Å². The normalized spacial score (nSPS) is 11.7. The summed E-state index contributed by atoms with van der Waals surface area (Å²) >= 11 is 0. The predicted octanol–water partition coefficient (Wildman–Crippen LogP) is 4.88. The number of rotatable bonds is 5. The standard InChI is InChI=1S/C21H20O2/c1-22-18-14-12-17(13-15-18)21(16-8-4-3-5-9-16)19-10-6-7-11-20(19)23-2/h3-15,21H,1-2H3. The van der Waals surface area contributed by atoms with E-state index in [9.17, 15) is 0 Å². The summed E-state index contributed by atoms with van der Waals surface area (Å²) in [6.45, 7) is 0. The van der Waals surface area contributed by atoms with Crippen molar-refractivity contribution in [3.63, 3.8) is 0 Å². The second kappa shape index (κ2) is 7.01. The molecule has 3 aromatic rings. The Hall–Kier alpha value is -2.74. The molecule has 2 heteroatoms. The maximum Gasteiger partial charge on any atom is 0.123 e. The van der Waals surface area contributed by atoms with Crippen LogP contribution in [0.15, 0.2) is 78.9 Å². The van der Waals surface area contributed by atoms with Gasteiger partial charge >= 0.3 is 0 Å². The quantitative estimate of drug-likeness (QED) is 0.625. The molecule has 23 heavy (non-hydrogen) atoms. The van der Waals surface area contributed by atoms with E-state index in [1.54, 1.807) is 14.2 Å². The van der Waals surface area contributed by atoms with Crippen LogP contribution in [-0.2, 0) is 0 Å². The predicted molar refractivity (Wildman–Crippen MR) is 93.4 cm³/mol. The molecule has 0 bridgehead atoms. The van der Waals surface area contributed by atoms with E-state index < -0.39 is 0 Å². The highest BCUT2D eigenvalue weighted by atomic mass is 16.5. The molecule has 3 rings (SSSR count). The highest BCUT2D eigenvalue weighted by molar-refractivity contribution is 5.49. The molecular formula is C21H20O2. The van der Waals surface area contributed by atoms with Gasteiger partial charge in [0.25, 0.3) is 0 Å². The molecule has 0 aliphatic rings. The van der Waals surface area contributed by atoms with Gasteiger partial charge in [-0.05, 0) is 29.3 Å². The van der Waals surface area contributed by atoms with Crippen LogP contribution in [0.4, 0.5) is 0 Å². The third-order valence-corrected chi connectivity index (χ3v) is 4.03. The lowest BCUT2D eigenvalue weighted by molar-refractivity contribution is 0.409. The van der Waals surface area contributed by atoms with E-state index in [2.05, 4.69) is 48.5 Å². The second-order valence-corrected chi connectivity index (χ2v) is 5.36. The molecule has 1 unspecified atom stereocenters.